The summed E-state index contributed by atoms with van der Waals surface area (Å²) in [6, 6.07) is 10.2. The number of thioether (sulfide) groups is 1. The van der Waals surface area contributed by atoms with Crippen LogP contribution in [0.4, 0.5) is 4.79 Å². The quantitative estimate of drug-likeness (QED) is 0.581. The van der Waals surface area contributed by atoms with Crippen molar-refractivity contribution in [1.82, 2.24) is 9.47 Å². The van der Waals surface area contributed by atoms with Gasteiger partial charge >= 0.3 is 5.97 Å². The molecule has 0 aliphatic carbocycles. The topological polar surface area (TPSA) is 77.8 Å². The summed E-state index contributed by atoms with van der Waals surface area (Å²) in [7, 11) is 2.82. The Morgan fingerprint density at radius 1 is 1.15 bits per heavy atom. The highest BCUT2D eigenvalue weighted by atomic mass is 32.2. The van der Waals surface area contributed by atoms with Gasteiger partial charge in [-0.25, -0.2) is 4.79 Å². The van der Waals surface area contributed by atoms with Gasteiger partial charge in [0.15, 0.2) is 0 Å². The van der Waals surface area contributed by atoms with Crippen LogP contribution in [0.2, 0.25) is 0 Å². The fourth-order valence-electron chi connectivity index (χ4n) is 2.71. The average Bonchev–Trinajstić information content (AvgIpc) is 3.25. The van der Waals surface area contributed by atoms with E-state index in [4.69, 9.17) is 4.74 Å². The molecule has 140 valence electrons. The maximum Gasteiger partial charge on any atom is 0.328 e. The summed E-state index contributed by atoms with van der Waals surface area (Å²) >= 11 is 0.804. The Kier molecular flexibility index (Phi) is 5.36. The number of imide groups is 1. The van der Waals surface area contributed by atoms with Gasteiger partial charge in [-0.2, -0.15) is 0 Å². The van der Waals surface area contributed by atoms with Crippen LogP contribution in [0.1, 0.15) is 12.6 Å². The lowest BCUT2D eigenvalue weighted by Gasteiger charge is -2.18. The first kappa shape index (κ1) is 18.8. The molecule has 1 aromatic heterocycles. The van der Waals surface area contributed by atoms with Gasteiger partial charge in [-0.05, 0) is 61.2 Å². The molecule has 2 heterocycles. The van der Waals surface area contributed by atoms with E-state index in [2.05, 4.69) is 4.74 Å². The number of rotatable bonds is 5. The van der Waals surface area contributed by atoms with Crippen molar-refractivity contribution < 1.29 is 23.9 Å². The molecular formula is C19H18N2O5S. The number of carbonyl (C=O) groups is 3. The van der Waals surface area contributed by atoms with Crippen LogP contribution in [0.25, 0.3) is 11.8 Å². The molecule has 27 heavy (non-hydrogen) atoms. The standard InChI is InChI=1S/C19H18N2O5S/c1-12(18(23)26-3)21-17(22)16(27-19(21)24)11-14-5-4-10-20(14)13-6-8-15(25-2)9-7-13/h4-12H,1-3H3/b16-11+/t12-/m1/s1. The Bertz CT molecular complexity index is 916. The number of nitrogens with zero attached hydrogens (tertiary/aromatic N) is 2. The molecule has 1 aromatic carbocycles. The fourth-order valence-corrected chi connectivity index (χ4v) is 3.61. The fraction of sp³-hybridized carbons (Fsp3) is 0.211. The van der Waals surface area contributed by atoms with Crippen LogP contribution in [0.3, 0.4) is 0 Å². The zero-order valence-electron chi connectivity index (χ0n) is 15.0. The zero-order valence-corrected chi connectivity index (χ0v) is 15.9. The molecule has 1 aliphatic rings. The van der Waals surface area contributed by atoms with Crippen molar-refractivity contribution in [3.05, 3.63) is 53.2 Å². The Labute approximate surface area is 160 Å². The predicted molar refractivity (Wildman–Crippen MR) is 102 cm³/mol. The summed E-state index contributed by atoms with van der Waals surface area (Å²) in [5.74, 6) is -0.407. The highest BCUT2D eigenvalue weighted by Crippen LogP contribution is 2.34. The molecule has 1 saturated heterocycles. The second-order valence-electron chi connectivity index (χ2n) is 5.75. The van der Waals surface area contributed by atoms with Gasteiger partial charge in [-0.3, -0.25) is 14.5 Å². The highest BCUT2D eigenvalue weighted by Gasteiger charge is 2.41. The van der Waals surface area contributed by atoms with Gasteiger partial charge in [0.2, 0.25) is 0 Å². The summed E-state index contributed by atoms with van der Waals surface area (Å²) in [5.41, 5.74) is 1.62. The van der Waals surface area contributed by atoms with Crippen molar-refractivity contribution in [2.75, 3.05) is 14.2 Å². The first-order valence-corrected chi connectivity index (χ1v) is 8.94. The van der Waals surface area contributed by atoms with E-state index in [-0.39, 0.29) is 4.91 Å². The Morgan fingerprint density at radius 2 is 1.85 bits per heavy atom. The first-order chi connectivity index (χ1) is 13.0. The van der Waals surface area contributed by atoms with Gasteiger partial charge in [-0.1, -0.05) is 0 Å². The molecule has 2 aromatic rings. The highest BCUT2D eigenvalue weighted by molar-refractivity contribution is 8.18. The molecular weight excluding hydrogens is 368 g/mol. The number of methoxy groups -OCH3 is 2. The number of hydrogen-bond donors (Lipinski definition) is 0. The molecule has 0 radical (unpaired) electrons. The van der Waals surface area contributed by atoms with Crippen molar-refractivity contribution in [1.29, 1.82) is 0 Å². The van der Waals surface area contributed by atoms with Crippen LogP contribution in [0.5, 0.6) is 5.75 Å². The molecule has 1 aliphatic heterocycles. The number of carbonyl (C=O) groups excluding carboxylic acids is 3. The largest absolute Gasteiger partial charge is 0.497 e. The van der Waals surface area contributed by atoms with Gasteiger partial charge in [-0.15, -0.1) is 0 Å². The maximum atomic E-state index is 12.6. The molecule has 3 rings (SSSR count). The van der Waals surface area contributed by atoms with Gasteiger partial charge in [0.25, 0.3) is 11.1 Å². The lowest BCUT2D eigenvalue weighted by Crippen LogP contribution is -2.42. The van der Waals surface area contributed by atoms with E-state index in [0.29, 0.717) is 0 Å². The number of amides is 2. The molecule has 7 nitrogen and oxygen atoms in total. The van der Waals surface area contributed by atoms with E-state index >= 15 is 0 Å². The molecule has 0 unspecified atom stereocenters. The van der Waals surface area contributed by atoms with Crippen LogP contribution in [0.15, 0.2) is 47.5 Å². The SMILES string of the molecule is COC(=O)[C@@H](C)N1C(=O)S/C(=C/c2cccn2-c2ccc(OC)cc2)C1=O. The minimum absolute atomic E-state index is 0.254. The summed E-state index contributed by atoms with van der Waals surface area (Å²) < 4.78 is 11.7. The monoisotopic (exact) mass is 386 g/mol. The van der Waals surface area contributed by atoms with Crippen LogP contribution in [0, 0.1) is 0 Å². The maximum absolute atomic E-state index is 12.6. The second kappa shape index (κ2) is 7.71. The molecule has 0 bridgehead atoms. The van der Waals surface area contributed by atoms with E-state index in [1.807, 2.05) is 47.2 Å². The normalized spacial score (nSPS) is 16.7. The van der Waals surface area contributed by atoms with E-state index in [1.54, 1.807) is 13.2 Å². The molecule has 1 fully saturated rings. The van der Waals surface area contributed by atoms with Gasteiger partial charge < -0.3 is 14.0 Å². The third kappa shape index (κ3) is 3.61. The Morgan fingerprint density at radius 3 is 2.48 bits per heavy atom. The van der Waals surface area contributed by atoms with Crippen LogP contribution in [-0.2, 0) is 14.3 Å². The lowest BCUT2D eigenvalue weighted by molar-refractivity contribution is -0.148. The molecule has 2 amide bonds. The molecule has 0 saturated carbocycles. The number of hydrogen-bond acceptors (Lipinski definition) is 6. The van der Waals surface area contributed by atoms with E-state index < -0.39 is 23.2 Å². The van der Waals surface area contributed by atoms with E-state index in [1.165, 1.54) is 14.0 Å². The second-order valence-corrected chi connectivity index (χ2v) is 6.75. The van der Waals surface area contributed by atoms with Crippen molar-refractivity contribution in [2.24, 2.45) is 0 Å². The number of aromatic nitrogens is 1. The van der Waals surface area contributed by atoms with E-state index in [9.17, 15) is 14.4 Å². The Hall–Kier alpha value is -3.00. The number of ether oxygens (including phenoxy) is 2. The average molecular weight is 386 g/mol. The van der Waals surface area contributed by atoms with Gasteiger partial charge in [0, 0.05) is 17.6 Å². The van der Waals surface area contributed by atoms with Crippen LogP contribution in [-0.4, -0.2) is 46.8 Å². The van der Waals surface area contributed by atoms with E-state index in [0.717, 1.165) is 33.8 Å². The van der Waals surface area contributed by atoms with Crippen molar-refractivity contribution in [2.45, 2.75) is 13.0 Å². The molecule has 1 atom stereocenters. The third-order valence-corrected chi connectivity index (χ3v) is 5.05. The third-order valence-electron chi connectivity index (χ3n) is 4.16. The van der Waals surface area contributed by atoms with Crippen molar-refractivity contribution in [3.63, 3.8) is 0 Å². The van der Waals surface area contributed by atoms with Crippen LogP contribution < -0.4 is 4.74 Å². The lowest BCUT2D eigenvalue weighted by atomic mass is 10.2. The summed E-state index contributed by atoms with van der Waals surface area (Å²) in [5, 5.41) is -0.494. The van der Waals surface area contributed by atoms with Crippen molar-refractivity contribution in [3.8, 4) is 11.4 Å². The smallest absolute Gasteiger partial charge is 0.328 e. The summed E-state index contributed by atoms with van der Waals surface area (Å²) in [4.78, 5) is 37.7. The van der Waals surface area contributed by atoms with Gasteiger partial charge in [0.05, 0.1) is 19.1 Å². The molecule has 8 heteroatoms. The minimum Gasteiger partial charge on any atom is -0.497 e. The Balaban J connectivity index is 1.90. The van der Waals surface area contributed by atoms with Gasteiger partial charge in [0.1, 0.15) is 11.8 Å². The molecule has 0 spiro atoms. The van der Waals surface area contributed by atoms with Crippen LogP contribution >= 0.6 is 11.8 Å². The molecule has 0 N–H and O–H groups in total. The minimum atomic E-state index is -0.971. The van der Waals surface area contributed by atoms with Crippen molar-refractivity contribution >= 4 is 35.0 Å². The number of esters is 1. The summed E-state index contributed by atoms with van der Waals surface area (Å²) in [6.07, 6.45) is 3.49. The summed E-state index contributed by atoms with van der Waals surface area (Å²) in [6.45, 7) is 1.46. The predicted octanol–water partition coefficient (Wildman–Crippen LogP) is 3.08. The number of benzene rings is 1. The first-order valence-electron chi connectivity index (χ1n) is 8.13. The zero-order chi connectivity index (χ0) is 19.6.